The van der Waals surface area contributed by atoms with Crippen molar-refractivity contribution in [1.29, 1.82) is 0 Å². The third-order valence-corrected chi connectivity index (χ3v) is 3.82. The molecule has 22 heavy (non-hydrogen) atoms. The van der Waals surface area contributed by atoms with E-state index >= 15 is 0 Å². The highest BCUT2D eigenvalue weighted by Crippen LogP contribution is 2.35. The highest BCUT2D eigenvalue weighted by Gasteiger charge is 2.43. The van der Waals surface area contributed by atoms with Gasteiger partial charge in [0, 0.05) is 31.7 Å². The van der Waals surface area contributed by atoms with Gasteiger partial charge in [-0.25, -0.2) is 4.79 Å². The topological polar surface area (TPSA) is 84.7 Å². The molecule has 2 rings (SSSR count). The molecule has 1 N–H and O–H groups in total. The third-order valence-electron chi connectivity index (χ3n) is 3.82. The molecule has 1 fully saturated rings. The minimum Gasteiger partial charge on any atom is -0.481 e. The number of amides is 1. The van der Waals surface area contributed by atoms with E-state index in [0.29, 0.717) is 6.54 Å². The van der Waals surface area contributed by atoms with Crippen molar-refractivity contribution in [3.63, 3.8) is 0 Å². The molecule has 2 heterocycles. The number of aliphatic carboxylic acids is 1. The predicted molar refractivity (Wildman–Crippen MR) is 79.6 cm³/mol. The fourth-order valence-electron chi connectivity index (χ4n) is 2.90. The van der Waals surface area contributed by atoms with Gasteiger partial charge >= 0.3 is 12.1 Å². The molecule has 1 saturated heterocycles. The van der Waals surface area contributed by atoms with Crippen molar-refractivity contribution in [3.8, 4) is 0 Å². The average Bonchev–Trinajstić information content (AvgIpc) is 2.91. The van der Waals surface area contributed by atoms with E-state index in [4.69, 9.17) is 4.74 Å². The number of hydrogen-bond donors (Lipinski definition) is 1. The Morgan fingerprint density at radius 1 is 1.36 bits per heavy atom. The fraction of sp³-hybridized carbons (Fsp3) is 0.667. The Hall–Kier alpha value is -2.05. The van der Waals surface area contributed by atoms with E-state index in [-0.39, 0.29) is 12.5 Å². The van der Waals surface area contributed by atoms with E-state index in [1.165, 1.54) is 4.90 Å². The maximum absolute atomic E-state index is 12.2. The van der Waals surface area contributed by atoms with E-state index < -0.39 is 23.6 Å². The van der Waals surface area contributed by atoms with Gasteiger partial charge in [0.05, 0.1) is 12.1 Å². The Balaban J connectivity index is 2.24. The molecule has 0 aliphatic carbocycles. The molecule has 1 aliphatic rings. The van der Waals surface area contributed by atoms with E-state index in [0.717, 1.165) is 11.3 Å². The van der Waals surface area contributed by atoms with Crippen LogP contribution in [0.4, 0.5) is 4.79 Å². The van der Waals surface area contributed by atoms with Gasteiger partial charge in [0.15, 0.2) is 0 Å². The molecule has 0 saturated carbocycles. The molecule has 1 amide bonds. The molecule has 2 unspecified atom stereocenters. The molecule has 7 heteroatoms. The lowest BCUT2D eigenvalue weighted by atomic mass is 9.91. The van der Waals surface area contributed by atoms with E-state index in [1.54, 1.807) is 38.7 Å². The van der Waals surface area contributed by atoms with Crippen LogP contribution < -0.4 is 0 Å². The van der Waals surface area contributed by atoms with Gasteiger partial charge in [0.25, 0.3) is 0 Å². The molecule has 1 aliphatic heterocycles. The van der Waals surface area contributed by atoms with Crippen molar-refractivity contribution < 1.29 is 19.4 Å². The largest absolute Gasteiger partial charge is 0.481 e. The highest BCUT2D eigenvalue weighted by molar-refractivity contribution is 5.75. The molecule has 7 nitrogen and oxygen atoms in total. The summed E-state index contributed by atoms with van der Waals surface area (Å²) < 4.78 is 7.04. The quantitative estimate of drug-likeness (QED) is 0.900. The van der Waals surface area contributed by atoms with Gasteiger partial charge in [0.2, 0.25) is 0 Å². The molecule has 0 radical (unpaired) electrons. The zero-order valence-electron chi connectivity index (χ0n) is 13.7. The van der Waals surface area contributed by atoms with Gasteiger partial charge in [-0.1, -0.05) is 0 Å². The Kier molecular flexibility index (Phi) is 4.17. The minimum atomic E-state index is -0.906. The summed E-state index contributed by atoms with van der Waals surface area (Å²) in [6.45, 7) is 7.75. The maximum Gasteiger partial charge on any atom is 0.410 e. The Morgan fingerprint density at radius 2 is 2.00 bits per heavy atom. The summed E-state index contributed by atoms with van der Waals surface area (Å²) in [6.07, 6.45) is 1.24. The van der Waals surface area contributed by atoms with Crippen molar-refractivity contribution in [3.05, 3.63) is 17.5 Å². The number of carboxylic acids is 1. The van der Waals surface area contributed by atoms with Crippen LogP contribution in [-0.4, -0.2) is 50.5 Å². The fourth-order valence-corrected chi connectivity index (χ4v) is 2.90. The summed E-state index contributed by atoms with van der Waals surface area (Å²) in [5.41, 5.74) is 1.19. The van der Waals surface area contributed by atoms with Crippen LogP contribution in [0.15, 0.2) is 6.20 Å². The lowest BCUT2D eigenvalue weighted by molar-refractivity contribution is -0.141. The first-order valence-electron chi connectivity index (χ1n) is 7.29. The second-order valence-corrected chi connectivity index (χ2v) is 6.77. The Labute approximate surface area is 129 Å². The number of likely N-dealkylation sites (tertiary alicyclic amines) is 1. The number of carboxylic acid groups (broad SMARTS) is 1. The van der Waals surface area contributed by atoms with E-state index in [9.17, 15) is 14.7 Å². The first-order chi connectivity index (χ1) is 10.1. The Bertz CT molecular complexity index is 569. The molecular formula is C15H23N3O4. The van der Waals surface area contributed by atoms with Crippen LogP contribution in [0.3, 0.4) is 0 Å². The van der Waals surface area contributed by atoms with Gasteiger partial charge in [0.1, 0.15) is 5.60 Å². The normalized spacial score (nSPS) is 22.0. The second-order valence-electron chi connectivity index (χ2n) is 6.77. The number of aromatic nitrogens is 2. The molecular weight excluding hydrogens is 286 g/mol. The number of hydrogen-bond acceptors (Lipinski definition) is 4. The van der Waals surface area contributed by atoms with Crippen LogP contribution in [0, 0.1) is 12.8 Å². The smallest absolute Gasteiger partial charge is 0.410 e. The number of carbonyl (C=O) groups is 2. The Morgan fingerprint density at radius 3 is 2.45 bits per heavy atom. The van der Waals surface area contributed by atoms with Crippen LogP contribution >= 0.6 is 0 Å². The summed E-state index contributed by atoms with van der Waals surface area (Å²) >= 11 is 0. The number of carbonyl (C=O) groups excluding carboxylic acids is 1. The summed E-state index contributed by atoms with van der Waals surface area (Å²) in [5.74, 6) is -1.84. The number of rotatable bonds is 2. The molecule has 2 atom stereocenters. The van der Waals surface area contributed by atoms with Crippen molar-refractivity contribution in [2.24, 2.45) is 13.0 Å². The van der Waals surface area contributed by atoms with Crippen LogP contribution in [0.1, 0.15) is 37.9 Å². The van der Waals surface area contributed by atoms with E-state index in [1.807, 2.05) is 6.92 Å². The van der Waals surface area contributed by atoms with Crippen LogP contribution in [0.25, 0.3) is 0 Å². The van der Waals surface area contributed by atoms with Gasteiger partial charge in [-0.2, -0.15) is 5.10 Å². The van der Waals surface area contributed by atoms with Crippen LogP contribution in [0.2, 0.25) is 0 Å². The molecule has 0 spiro atoms. The summed E-state index contributed by atoms with van der Waals surface area (Å²) in [6, 6.07) is 0. The van der Waals surface area contributed by atoms with Crippen molar-refractivity contribution in [2.45, 2.75) is 39.2 Å². The molecule has 1 aromatic rings. The minimum absolute atomic E-state index is 0.152. The maximum atomic E-state index is 12.2. The molecule has 0 bridgehead atoms. The zero-order valence-corrected chi connectivity index (χ0v) is 13.7. The highest BCUT2D eigenvalue weighted by atomic mass is 16.6. The summed E-state index contributed by atoms with van der Waals surface area (Å²) in [7, 11) is 1.79. The van der Waals surface area contributed by atoms with Crippen molar-refractivity contribution in [1.82, 2.24) is 14.7 Å². The molecule has 0 aromatic carbocycles. The SMILES string of the molecule is Cc1cnn(C)c1C1CN(C(=O)OC(C)(C)C)CC1C(=O)O. The first-order valence-corrected chi connectivity index (χ1v) is 7.29. The lowest BCUT2D eigenvalue weighted by Crippen LogP contribution is -2.35. The predicted octanol–water partition coefficient (Wildman–Crippen LogP) is 1.76. The van der Waals surface area contributed by atoms with Gasteiger partial charge < -0.3 is 14.7 Å². The van der Waals surface area contributed by atoms with Gasteiger partial charge in [-0.3, -0.25) is 9.48 Å². The van der Waals surface area contributed by atoms with Gasteiger partial charge in [-0.15, -0.1) is 0 Å². The van der Waals surface area contributed by atoms with E-state index in [2.05, 4.69) is 5.10 Å². The lowest BCUT2D eigenvalue weighted by Gasteiger charge is -2.24. The summed E-state index contributed by atoms with van der Waals surface area (Å²) in [5, 5.41) is 13.7. The van der Waals surface area contributed by atoms with Crippen molar-refractivity contribution in [2.75, 3.05) is 13.1 Å². The molecule has 1 aromatic heterocycles. The second kappa shape index (κ2) is 5.62. The third kappa shape index (κ3) is 3.23. The standard InChI is InChI=1S/C15H23N3O4/c1-9-6-16-17(5)12(9)10-7-18(8-11(10)13(19)20)14(21)22-15(2,3)4/h6,10-11H,7-8H2,1-5H3,(H,19,20). The monoisotopic (exact) mass is 309 g/mol. The first kappa shape index (κ1) is 16.3. The van der Waals surface area contributed by atoms with Crippen LogP contribution in [0.5, 0.6) is 0 Å². The van der Waals surface area contributed by atoms with Crippen LogP contribution in [-0.2, 0) is 16.6 Å². The number of aryl methyl sites for hydroxylation is 2. The van der Waals surface area contributed by atoms with Gasteiger partial charge in [-0.05, 0) is 33.3 Å². The van der Waals surface area contributed by atoms with Crippen molar-refractivity contribution >= 4 is 12.1 Å². The average molecular weight is 309 g/mol. The zero-order chi connectivity index (χ0) is 16.7. The molecule has 122 valence electrons. The number of ether oxygens (including phenoxy) is 1. The summed E-state index contributed by atoms with van der Waals surface area (Å²) in [4.78, 5) is 25.3. The number of nitrogens with zero attached hydrogens (tertiary/aromatic N) is 3.